The molecule has 2 aromatic rings. The highest BCUT2D eigenvalue weighted by atomic mass is 16.1. The van der Waals surface area contributed by atoms with E-state index in [4.69, 9.17) is 0 Å². The van der Waals surface area contributed by atoms with Gasteiger partial charge in [-0.15, -0.1) is 0 Å². The maximum atomic E-state index is 12.2. The van der Waals surface area contributed by atoms with E-state index in [9.17, 15) is 4.79 Å². The van der Waals surface area contributed by atoms with Gasteiger partial charge in [-0.2, -0.15) is 5.10 Å². The number of rotatable bonds is 4. The number of carbonyl (C=O) groups is 1. The van der Waals surface area contributed by atoms with Crippen LogP contribution >= 0.6 is 0 Å². The number of carbonyl (C=O) groups excluding carboxylic acids is 1. The van der Waals surface area contributed by atoms with E-state index >= 15 is 0 Å². The lowest BCUT2D eigenvalue weighted by Gasteiger charge is -2.02. The van der Waals surface area contributed by atoms with Crippen molar-refractivity contribution in [1.29, 1.82) is 0 Å². The molecule has 18 heavy (non-hydrogen) atoms. The average Bonchev–Trinajstić information content (AvgIpc) is 2.73. The van der Waals surface area contributed by atoms with Crippen molar-refractivity contribution >= 4 is 5.78 Å². The molecule has 3 nitrogen and oxygen atoms in total. The third-order valence-corrected chi connectivity index (χ3v) is 3.06. The van der Waals surface area contributed by atoms with Crippen molar-refractivity contribution in [2.45, 2.75) is 26.7 Å². The highest BCUT2D eigenvalue weighted by Gasteiger charge is 2.13. The van der Waals surface area contributed by atoms with Crippen LogP contribution in [-0.4, -0.2) is 15.6 Å². The Bertz CT molecular complexity index is 552. The van der Waals surface area contributed by atoms with Gasteiger partial charge in [0.25, 0.3) is 0 Å². The minimum Gasteiger partial charge on any atom is -0.292 e. The molecule has 0 unspecified atom stereocenters. The summed E-state index contributed by atoms with van der Waals surface area (Å²) in [6.45, 7) is 4.08. The summed E-state index contributed by atoms with van der Waals surface area (Å²) in [5, 5.41) is 4.30. The largest absolute Gasteiger partial charge is 0.292 e. The van der Waals surface area contributed by atoms with Crippen LogP contribution in [0.2, 0.25) is 0 Å². The monoisotopic (exact) mass is 242 g/mol. The van der Waals surface area contributed by atoms with Gasteiger partial charge in [0, 0.05) is 13.5 Å². The molecular formula is C15H18N2O. The van der Waals surface area contributed by atoms with E-state index in [-0.39, 0.29) is 5.78 Å². The minimum absolute atomic E-state index is 0.119. The van der Waals surface area contributed by atoms with E-state index < -0.39 is 0 Å². The molecule has 2 rings (SSSR count). The van der Waals surface area contributed by atoms with Crippen molar-refractivity contribution < 1.29 is 4.79 Å². The quantitative estimate of drug-likeness (QED) is 0.773. The van der Waals surface area contributed by atoms with Gasteiger partial charge in [-0.05, 0) is 25.0 Å². The number of benzene rings is 1. The molecule has 1 aromatic heterocycles. The highest BCUT2D eigenvalue weighted by Crippen LogP contribution is 2.10. The highest BCUT2D eigenvalue weighted by molar-refractivity contribution is 5.96. The first kappa shape index (κ1) is 12.6. The van der Waals surface area contributed by atoms with Gasteiger partial charge in [0.05, 0.1) is 5.69 Å². The lowest BCUT2D eigenvalue weighted by atomic mass is 10.1. The molecule has 1 aromatic carbocycles. The predicted molar refractivity (Wildman–Crippen MR) is 71.8 cm³/mol. The first-order valence-corrected chi connectivity index (χ1v) is 6.22. The van der Waals surface area contributed by atoms with E-state index in [1.165, 1.54) is 5.56 Å². The van der Waals surface area contributed by atoms with Crippen molar-refractivity contribution in [3.63, 3.8) is 0 Å². The minimum atomic E-state index is 0.119. The summed E-state index contributed by atoms with van der Waals surface area (Å²) in [6, 6.07) is 9.96. The maximum absolute atomic E-state index is 12.2. The van der Waals surface area contributed by atoms with Crippen LogP contribution in [0.1, 0.15) is 34.2 Å². The Labute approximate surface area is 107 Å². The molecule has 0 aliphatic heterocycles. The Morgan fingerprint density at radius 3 is 2.50 bits per heavy atom. The zero-order chi connectivity index (χ0) is 13.1. The van der Waals surface area contributed by atoms with E-state index in [0.29, 0.717) is 12.1 Å². The number of hydrogen-bond donors (Lipinski definition) is 0. The number of aromatic nitrogens is 2. The molecule has 0 aliphatic carbocycles. The summed E-state index contributed by atoms with van der Waals surface area (Å²) in [7, 11) is 1.82. The third-order valence-electron chi connectivity index (χ3n) is 3.06. The molecule has 1 heterocycles. The summed E-state index contributed by atoms with van der Waals surface area (Å²) in [6.07, 6.45) is 1.29. The van der Waals surface area contributed by atoms with E-state index in [1.54, 1.807) is 4.68 Å². The fourth-order valence-corrected chi connectivity index (χ4v) is 1.94. The number of hydrogen-bond acceptors (Lipinski definition) is 2. The van der Waals surface area contributed by atoms with Crippen LogP contribution in [0.15, 0.2) is 30.3 Å². The molecule has 0 spiro atoms. The van der Waals surface area contributed by atoms with Gasteiger partial charge < -0.3 is 0 Å². The second-order valence-corrected chi connectivity index (χ2v) is 4.58. The van der Waals surface area contributed by atoms with Gasteiger partial charge in [-0.3, -0.25) is 9.48 Å². The molecule has 0 aliphatic rings. The zero-order valence-electron chi connectivity index (χ0n) is 11.1. The van der Waals surface area contributed by atoms with Gasteiger partial charge in [0.2, 0.25) is 0 Å². The molecule has 0 amide bonds. The molecule has 0 bridgehead atoms. The Morgan fingerprint density at radius 1 is 1.28 bits per heavy atom. The molecule has 0 N–H and O–H groups in total. The van der Waals surface area contributed by atoms with E-state index in [0.717, 1.165) is 17.7 Å². The Balaban J connectivity index is 2.16. The van der Waals surface area contributed by atoms with E-state index in [2.05, 4.69) is 5.10 Å². The molecular weight excluding hydrogens is 224 g/mol. The standard InChI is InChI=1S/C15H18N2O/c1-4-13-10-14(17(3)16-13)15(18)9-12-7-5-11(2)6-8-12/h5-8,10H,4,9H2,1-3H3. The molecule has 0 radical (unpaired) electrons. The Morgan fingerprint density at radius 2 is 1.94 bits per heavy atom. The van der Waals surface area contributed by atoms with Crippen LogP contribution in [0, 0.1) is 6.92 Å². The zero-order valence-corrected chi connectivity index (χ0v) is 11.1. The second-order valence-electron chi connectivity index (χ2n) is 4.58. The normalized spacial score (nSPS) is 10.6. The van der Waals surface area contributed by atoms with E-state index in [1.807, 2.05) is 51.2 Å². The predicted octanol–water partition coefficient (Wildman–Crippen LogP) is 2.72. The second kappa shape index (κ2) is 5.17. The van der Waals surface area contributed by atoms with Gasteiger partial charge in [0.1, 0.15) is 5.69 Å². The molecule has 3 heteroatoms. The van der Waals surface area contributed by atoms with Crippen molar-refractivity contribution in [3.05, 3.63) is 52.8 Å². The lowest BCUT2D eigenvalue weighted by Crippen LogP contribution is -2.09. The molecule has 94 valence electrons. The van der Waals surface area contributed by atoms with Crippen molar-refractivity contribution in [3.8, 4) is 0 Å². The molecule has 0 fully saturated rings. The molecule has 0 atom stereocenters. The van der Waals surface area contributed by atoms with Crippen LogP contribution < -0.4 is 0 Å². The molecule has 0 saturated heterocycles. The number of nitrogens with zero attached hydrogens (tertiary/aromatic N) is 2. The summed E-state index contributed by atoms with van der Waals surface area (Å²) in [5.74, 6) is 0.119. The Kier molecular flexibility index (Phi) is 3.60. The summed E-state index contributed by atoms with van der Waals surface area (Å²) < 4.78 is 1.68. The SMILES string of the molecule is CCc1cc(C(=O)Cc2ccc(C)cc2)n(C)n1. The number of Topliss-reactive ketones (excluding diaryl/α,β-unsaturated/α-hetero) is 1. The van der Waals surface area contributed by atoms with Crippen LogP contribution in [-0.2, 0) is 19.9 Å². The topological polar surface area (TPSA) is 34.9 Å². The van der Waals surface area contributed by atoms with Crippen LogP contribution in [0.5, 0.6) is 0 Å². The number of ketones is 1. The third kappa shape index (κ3) is 2.67. The van der Waals surface area contributed by atoms with Gasteiger partial charge in [0.15, 0.2) is 5.78 Å². The average molecular weight is 242 g/mol. The summed E-state index contributed by atoms with van der Waals surface area (Å²) in [5.41, 5.74) is 3.90. The van der Waals surface area contributed by atoms with Crippen LogP contribution in [0.4, 0.5) is 0 Å². The summed E-state index contributed by atoms with van der Waals surface area (Å²) >= 11 is 0. The fraction of sp³-hybridized carbons (Fsp3) is 0.333. The first-order valence-electron chi connectivity index (χ1n) is 6.22. The van der Waals surface area contributed by atoms with Crippen molar-refractivity contribution in [2.75, 3.05) is 0 Å². The first-order chi connectivity index (χ1) is 8.60. The van der Waals surface area contributed by atoms with Gasteiger partial charge in [-0.25, -0.2) is 0 Å². The van der Waals surface area contributed by atoms with Crippen LogP contribution in [0.3, 0.4) is 0 Å². The molecule has 0 saturated carbocycles. The Hall–Kier alpha value is -1.90. The smallest absolute Gasteiger partial charge is 0.185 e. The van der Waals surface area contributed by atoms with Crippen LogP contribution in [0.25, 0.3) is 0 Å². The number of aryl methyl sites for hydroxylation is 3. The van der Waals surface area contributed by atoms with Crippen molar-refractivity contribution in [2.24, 2.45) is 7.05 Å². The van der Waals surface area contributed by atoms with Crippen molar-refractivity contribution in [1.82, 2.24) is 9.78 Å². The van der Waals surface area contributed by atoms with Gasteiger partial charge >= 0.3 is 0 Å². The maximum Gasteiger partial charge on any atom is 0.185 e. The summed E-state index contributed by atoms with van der Waals surface area (Å²) in [4.78, 5) is 12.2. The van der Waals surface area contributed by atoms with Gasteiger partial charge in [-0.1, -0.05) is 36.8 Å². The fourth-order valence-electron chi connectivity index (χ4n) is 1.94. The lowest BCUT2D eigenvalue weighted by molar-refractivity contribution is 0.0984.